The van der Waals surface area contributed by atoms with Crippen LogP contribution in [0.5, 0.6) is 11.5 Å². The zero-order chi connectivity index (χ0) is 105. The molecule has 1 saturated carbocycles. The van der Waals surface area contributed by atoms with E-state index < -0.39 is 47.8 Å². The van der Waals surface area contributed by atoms with Crippen molar-refractivity contribution in [2.45, 2.75) is 144 Å². The Kier molecular flexibility index (Phi) is 39.8. The number of hydrogen-bond acceptors (Lipinski definition) is 21. The second-order valence-corrected chi connectivity index (χ2v) is 36.8. The summed E-state index contributed by atoms with van der Waals surface area (Å²) in [6, 6.07) is 99.6. The molecule has 1 aliphatic rings. The Hall–Kier alpha value is -16.7. The lowest BCUT2D eigenvalue weighted by molar-refractivity contribution is -0.139. The van der Waals surface area contributed by atoms with Gasteiger partial charge < -0.3 is 62.2 Å². The van der Waals surface area contributed by atoms with Gasteiger partial charge in [-0.2, -0.15) is 0 Å². The number of anilines is 12. The average molecular weight is 1970 g/mol. The molecule has 1 fully saturated rings. The first kappa shape index (κ1) is 109. The van der Waals surface area contributed by atoms with Gasteiger partial charge in [-0.1, -0.05) is 193 Å². The van der Waals surface area contributed by atoms with Gasteiger partial charge in [0.15, 0.2) is 0 Å². The van der Waals surface area contributed by atoms with Gasteiger partial charge >= 0.3 is 47.8 Å². The second kappa shape index (κ2) is 53.6. The Morgan fingerprint density at radius 1 is 0.197 bits per heavy atom. The fraction of sp³-hybridized carbons (Fsp3) is 0.238. The largest absolute Gasteiger partial charge is 0.462 e. The summed E-state index contributed by atoms with van der Waals surface area (Å²) in [5, 5.41) is 0. The number of benzene rings is 12. The van der Waals surface area contributed by atoms with Gasteiger partial charge in [0.2, 0.25) is 0 Å². The monoisotopic (exact) mass is 1970 g/mol. The number of hydrogen-bond donors (Lipinski definition) is 0. The van der Waals surface area contributed by atoms with Gasteiger partial charge in [-0.05, 0) is 294 Å². The summed E-state index contributed by atoms with van der Waals surface area (Å²) in [6.45, 7) is 44.5. The minimum absolute atomic E-state index is 0.195. The van der Waals surface area contributed by atoms with Gasteiger partial charge in [0, 0.05) is 170 Å². The van der Waals surface area contributed by atoms with E-state index in [-0.39, 0.29) is 58.3 Å². The van der Waals surface area contributed by atoms with Crippen molar-refractivity contribution in [2.24, 2.45) is 0 Å². The van der Waals surface area contributed by atoms with Crippen LogP contribution in [-0.2, 0) is 133 Å². The minimum Gasteiger partial charge on any atom is -0.462 e. The summed E-state index contributed by atoms with van der Waals surface area (Å²) in [7, 11) is 0. The highest BCUT2D eigenvalue weighted by Crippen LogP contribution is 2.48. The number of rotatable bonds is 48. The molecule has 0 radical (unpaired) electrons. The zero-order valence-electron chi connectivity index (χ0n) is 85.4. The van der Waals surface area contributed by atoms with Gasteiger partial charge in [0.05, 0.1) is 52.9 Å². The highest BCUT2D eigenvalue weighted by molar-refractivity contribution is 5.91. The van der Waals surface area contributed by atoms with Crippen LogP contribution in [-0.4, -0.2) is 101 Å². The molecule has 0 heterocycles. The molecular formula is C126H130N4O17. The molecule has 21 heteroatoms. The molecule has 1 aliphatic carbocycles. The molecule has 0 saturated heterocycles. The van der Waals surface area contributed by atoms with Crippen LogP contribution in [0.4, 0.5) is 68.2 Å². The van der Waals surface area contributed by atoms with Crippen LogP contribution in [0.3, 0.4) is 0 Å². The maximum atomic E-state index is 12.0. The average Bonchev–Trinajstić information content (AvgIpc) is 0.761. The van der Waals surface area contributed by atoms with Crippen LogP contribution in [0.2, 0.25) is 0 Å². The van der Waals surface area contributed by atoms with Crippen molar-refractivity contribution in [3.8, 4) is 11.5 Å². The number of ether oxygens (including phenoxy) is 9. The van der Waals surface area contributed by atoms with E-state index in [1.807, 2.05) is 146 Å². The number of nitrogens with zero attached hydrogens (tertiary/aromatic N) is 4. The lowest BCUT2D eigenvalue weighted by Crippen LogP contribution is -2.30. The summed E-state index contributed by atoms with van der Waals surface area (Å²) >= 11 is 0. The molecule has 0 bridgehead atoms. The summed E-state index contributed by atoms with van der Waals surface area (Å²) in [6.07, 6.45) is 10.0. The Morgan fingerprint density at radius 2 is 0.327 bits per heavy atom. The zero-order valence-corrected chi connectivity index (χ0v) is 85.4. The van der Waals surface area contributed by atoms with Gasteiger partial charge in [0.1, 0.15) is 11.5 Å². The van der Waals surface area contributed by atoms with Gasteiger partial charge in [0.25, 0.3) is 0 Å². The van der Waals surface area contributed by atoms with E-state index in [0.717, 1.165) is 138 Å². The van der Waals surface area contributed by atoms with E-state index >= 15 is 0 Å². The van der Waals surface area contributed by atoms with E-state index in [9.17, 15) is 38.4 Å². The van der Waals surface area contributed by atoms with Crippen molar-refractivity contribution in [1.29, 1.82) is 0 Å². The van der Waals surface area contributed by atoms with E-state index in [1.54, 1.807) is 55.4 Å². The molecule has 756 valence electrons. The second-order valence-electron chi connectivity index (χ2n) is 36.8. The Morgan fingerprint density at radius 3 is 0.463 bits per heavy atom. The molecule has 0 amide bonds. The fourth-order valence-electron chi connectivity index (χ4n) is 16.6. The minimum atomic E-state index is -0.407. The van der Waals surface area contributed by atoms with Gasteiger partial charge in [-0.3, -0.25) is 0 Å². The molecule has 0 atom stereocenters. The third-order valence-corrected chi connectivity index (χ3v) is 24.8. The molecule has 0 spiro atoms. The van der Waals surface area contributed by atoms with E-state index in [4.69, 9.17) is 42.6 Å². The van der Waals surface area contributed by atoms with Crippen LogP contribution >= 0.6 is 0 Å². The first-order chi connectivity index (χ1) is 70.8. The van der Waals surface area contributed by atoms with Crippen molar-refractivity contribution in [3.05, 3.63) is 444 Å². The summed E-state index contributed by atoms with van der Waals surface area (Å²) in [5.41, 5.74) is 24.9. The lowest BCUT2D eigenvalue weighted by Gasteiger charge is -2.39. The molecule has 0 N–H and O–H groups in total. The molecule has 0 aromatic heterocycles. The Bertz CT molecular complexity index is 5950. The molecule has 21 nitrogen and oxygen atoms in total. The predicted octanol–water partition coefficient (Wildman–Crippen LogP) is 27.6. The van der Waals surface area contributed by atoms with E-state index in [1.165, 1.54) is 17.5 Å². The normalized spacial score (nSPS) is 11.6. The Balaban J connectivity index is 0.000000262. The third-order valence-electron chi connectivity index (χ3n) is 24.8. The molecule has 12 aromatic rings. The van der Waals surface area contributed by atoms with Crippen LogP contribution in [0, 0.1) is 0 Å². The molecule has 147 heavy (non-hydrogen) atoms. The van der Waals surface area contributed by atoms with Crippen molar-refractivity contribution >= 4 is 116 Å². The third kappa shape index (κ3) is 31.7. The van der Waals surface area contributed by atoms with Gasteiger partial charge in [-0.25, -0.2) is 38.4 Å². The topological polar surface area (TPSA) is 233 Å². The lowest BCUT2D eigenvalue weighted by atomic mass is 9.65. The highest BCUT2D eigenvalue weighted by Gasteiger charge is 2.37. The summed E-state index contributed by atoms with van der Waals surface area (Å²) in [5.74, 6) is -1.91. The molecule has 13 rings (SSSR count). The van der Waals surface area contributed by atoms with Crippen molar-refractivity contribution in [1.82, 2.24) is 0 Å². The standard InChI is InChI=1S/C66H70N2O8.C60H60N2O9/c1-46(2)62(69)73-42-36-50-12-24-56(25-13-50)67(57-26-14-51(15-27-57)37-43-74-63(70)47(3)4)60-32-20-54(21-33-60)66(40-10-9-11-41-66)55-22-34-61(35-23-55)68(58-28-16-52(17-29-58)38-44-75-64(71)48(5)6)59-30-18-53(19-31-59)39-45-76-65(72)49(7)8;1-41(2)57(63)67-37-33-45-9-17-49(18-10-45)61(50-19-11-46(12-20-50)34-38-68-58(64)42(3)4)53-25-29-55(30-26-53)71-56-31-27-54(28-32-56)62(51-21-13-47(14-22-51)35-39-69-59(65)43(5)6)52-23-15-48(16-24-52)36-40-70-60(66)44(7)8/h12-35H,1,3,5,7,9-11,36-45H2,2,4,6,8H3;9-32H,1,3,5,7,33-40H2,2,4,6,8H3. The van der Waals surface area contributed by atoms with Crippen LogP contribution in [0.1, 0.15) is 143 Å². The Labute approximate surface area is 864 Å². The van der Waals surface area contributed by atoms with E-state index in [2.05, 4.69) is 218 Å². The smallest absolute Gasteiger partial charge is 0.333 e. The fourth-order valence-corrected chi connectivity index (χ4v) is 16.6. The predicted molar refractivity (Wildman–Crippen MR) is 584 cm³/mol. The van der Waals surface area contributed by atoms with Crippen LogP contribution in [0.25, 0.3) is 0 Å². The van der Waals surface area contributed by atoms with Crippen molar-refractivity contribution < 1.29 is 81.0 Å². The maximum Gasteiger partial charge on any atom is 0.333 e. The number of carbonyl (C=O) groups is 8. The SMILES string of the molecule is C=C(C)C(=O)OCCc1ccc(N(c2ccc(CCOC(=O)C(=C)C)cc2)c2ccc(C3(c4ccc(N(c5ccc(CCOC(=O)C(=C)C)cc5)c5ccc(CCOC(=O)C(=C)C)cc5)cc4)CCCCC3)cc2)cc1.C=C(C)C(=O)OCCc1ccc(N(c2ccc(CCOC(=O)C(=C)C)cc2)c2ccc(Oc3ccc(N(c4ccc(CCOC(=O)C(=C)C)cc4)c4ccc(CCOC(=O)C(=C)C)cc4)cc3)cc2)cc1. The maximum absolute atomic E-state index is 12.0. The van der Waals surface area contributed by atoms with E-state index in [0.29, 0.717) is 107 Å². The molecule has 0 aliphatic heterocycles. The molecule has 0 unspecified atom stereocenters. The molecular weight excluding hydrogens is 1840 g/mol. The van der Waals surface area contributed by atoms with Gasteiger partial charge in [-0.15, -0.1) is 0 Å². The summed E-state index contributed by atoms with van der Waals surface area (Å²) < 4.78 is 49.2. The van der Waals surface area contributed by atoms with Crippen LogP contribution < -0.4 is 24.3 Å². The number of carbonyl (C=O) groups excluding carboxylic acids is 8. The first-order valence-corrected chi connectivity index (χ1v) is 49.4. The van der Waals surface area contributed by atoms with Crippen LogP contribution in [0.15, 0.2) is 388 Å². The molecule has 12 aromatic carbocycles. The highest BCUT2D eigenvalue weighted by atomic mass is 16.6. The van der Waals surface area contributed by atoms with Crippen molar-refractivity contribution in [3.63, 3.8) is 0 Å². The van der Waals surface area contributed by atoms with Crippen molar-refractivity contribution in [2.75, 3.05) is 72.5 Å². The summed E-state index contributed by atoms with van der Waals surface area (Å²) in [4.78, 5) is 105. The number of esters is 8. The quantitative estimate of drug-likeness (QED) is 0.0196. The first-order valence-electron chi connectivity index (χ1n) is 49.4.